The highest BCUT2D eigenvalue weighted by molar-refractivity contribution is 5.99. The topological polar surface area (TPSA) is 65.2 Å². The summed E-state index contributed by atoms with van der Waals surface area (Å²) < 4.78 is 0. The summed E-state index contributed by atoms with van der Waals surface area (Å²) in [6, 6.07) is 0.727. The van der Waals surface area contributed by atoms with Gasteiger partial charge in [0.2, 0.25) is 0 Å². The number of hydrogen-bond acceptors (Lipinski definition) is 5. The molecular weight excluding hydrogens is 372 g/mol. The number of carbonyl (C=O) groups excluding carboxylic acids is 1. The van der Waals surface area contributed by atoms with E-state index in [1.807, 2.05) is 13.8 Å². The van der Waals surface area contributed by atoms with E-state index in [0.717, 1.165) is 37.1 Å². The van der Waals surface area contributed by atoms with Crippen molar-refractivity contribution in [2.45, 2.75) is 129 Å². The van der Waals surface area contributed by atoms with E-state index in [1.165, 1.54) is 0 Å². The Hall–Kier alpha value is -1.33. The van der Waals surface area contributed by atoms with Gasteiger partial charge in [0.15, 0.2) is 5.78 Å². The summed E-state index contributed by atoms with van der Waals surface area (Å²) in [5.74, 6) is 0.0323. The number of rotatable bonds is 6. The monoisotopic (exact) mass is 418 g/mol. The molecule has 0 aromatic carbocycles. The van der Waals surface area contributed by atoms with Crippen LogP contribution in [-0.4, -0.2) is 40.0 Å². The van der Waals surface area contributed by atoms with Crippen LogP contribution in [0.5, 0.6) is 0 Å². The van der Waals surface area contributed by atoms with Crippen molar-refractivity contribution in [3.8, 4) is 0 Å². The van der Waals surface area contributed by atoms with Crippen molar-refractivity contribution in [2.75, 3.05) is 0 Å². The van der Waals surface area contributed by atoms with Crippen molar-refractivity contribution in [3.63, 3.8) is 0 Å². The van der Waals surface area contributed by atoms with Crippen LogP contribution in [0, 0.1) is 0 Å². The highest BCUT2D eigenvalue weighted by Gasteiger charge is 2.38. The van der Waals surface area contributed by atoms with E-state index < -0.39 is 0 Å². The molecular formula is C25H46N4O. The smallest absolute Gasteiger partial charge is 0.182 e. The summed E-state index contributed by atoms with van der Waals surface area (Å²) in [5, 5.41) is 14.6. The van der Waals surface area contributed by atoms with Gasteiger partial charge in [-0.2, -0.15) is 0 Å². The van der Waals surface area contributed by atoms with Gasteiger partial charge >= 0.3 is 0 Å². The molecule has 5 nitrogen and oxygen atoms in total. The summed E-state index contributed by atoms with van der Waals surface area (Å²) >= 11 is 0. The van der Waals surface area contributed by atoms with Crippen molar-refractivity contribution in [1.82, 2.24) is 21.3 Å². The highest BCUT2D eigenvalue weighted by atomic mass is 16.1. The van der Waals surface area contributed by atoms with Gasteiger partial charge in [0.25, 0.3) is 0 Å². The highest BCUT2D eigenvalue weighted by Crippen LogP contribution is 2.30. The Morgan fingerprint density at radius 3 is 1.20 bits per heavy atom. The van der Waals surface area contributed by atoms with Gasteiger partial charge in [0.05, 0.1) is 0 Å². The van der Waals surface area contributed by atoms with Crippen molar-refractivity contribution < 1.29 is 4.79 Å². The number of allylic oxidation sites excluding steroid dienone is 4. The normalized spacial score (nSPS) is 26.9. The minimum Gasteiger partial charge on any atom is -0.386 e. The maximum absolute atomic E-state index is 12.6. The zero-order valence-electron chi connectivity index (χ0n) is 21.0. The second-order valence-corrected chi connectivity index (χ2v) is 12.3. The zero-order valence-corrected chi connectivity index (χ0v) is 21.0. The Balaban J connectivity index is 1.95. The maximum atomic E-state index is 12.6. The summed E-state index contributed by atoms with van der Waals surface area (Å²) in [6.45, 7) is 21.9. The summed E-state index contributed by atoms with van der Waals surface area (Å²) in [6.07, 6.45) is 7.59. The Morgan fingerprint density at radius 1 is 0.667 bits per heavy atom. The molecule has 0 atom stereocenters. The first-order valence-corrected chi connectivity index (χ1v) is 11.5. The molecule has 0 amide bonds. The molecule has 0 unspecified atom stereocenters. The van der Waals surface area contributed by atoms with Gasteiger partial charge in [-0.1, -0.05) is 0 Å². The van der Waals surface area contributed by atoms with E-state index in [0.29, 0.717) is 12.1 Å². The Kier molecular flexibility index (Phi) is 7.20. The minimum atomic E-state index is 0.0323. The van der Waals surface area contributed by atoms with Crippen LogP contribution in [0.25, 0.3) is 0 Å². The van der Waals surface area contributed by atoms with E-state index in [2.05, 4.69) is 76.7 Å². The molecule has 2 rings (SSSR count). The van der Waals surface area contributed by atoms with Crippen LogP contribution in [0.3, 0.4) is 0 Å². The van der Waals surface area contributed by atoms with Crippen LogP contribution in [0.2, 0.25) is 0 Å². The molecule has 0 aliphatic carbocycles. The summed E-state index contributed by atoms with van der Waals surface area (Å²) in [4.78, 5) is 12.6. The molecule has 2 aliphatic rings. The van der Waals surface area contributed by atoms with Crippen LogP contribution in [0.4, 0.5) is 0 Å². The predicted molar refractivity (Wildman–Crippen MR) is 127 cm³/mol. The Morgan fingerprint density at radius 2 is 0.933 bits per heavy atom. The molecule has 0 aromatic heterocycles. The average Bonchev–Trinajstić information content (AvgIpc) is 2.38. The largest absolute Gasteiger partial charge is 0.386 e. The number of nitrogens with one attached hydrogen (secondary N) is 4. The first kappa shape index (κ1) is 24.9. The molecule has 2 heterocycles. The fourth-order valence-corrected chi connectivity index (χ4v) is 6.04. The Bertz CT molecular complexity index is 610. The summed E-state index contributed by atoms with van der Waals surface area (Å²) in [7, 11) is 0. The second kappa shape index (κ2) is 8.66. The third-order valence-electron chi connectivity index (χ3n) is 5.96. The van der Waals surface area contributed by atoms with Gasteiger partial charge in [0.1, 0.15) is 0 Å². The quantitative estimate of drug-likeness (QED) is 0.488. The molecule has 172 valence electrons. The van der Waals surface area contributed by atoms with E-state index in [1.54, 1.807) is 12.2 Å². The molecule has 5 heteroatoms. The van der Waals surface area contributed by atoms with Gasteiger partial charge < -0.3 is 21.3 Å². The predicted octanol–water partition coefficient (Wildman–Crippen LogP) is 4.16. The third-order valence-corrected chi connectivity index (χ3v) is 5.96. The van der Waals surface area contributed by atoms with Gasteiger partial charge in [-0.15, -0.1) is 0 Å². The lowest BCUT2D eigenvalue weighted by Crippen LogP contribution is -2.61. The maximum Gasteiger partial charge on any atom is 0.182 e. The van der Waals surface area contributed by atoms with Crippen LogP contribution in [-0.2, 0) is 4.79 Å². The molecule has 4 N–H and O–H groups in total. The molecule has 0 aromatic rings. The second-order valence-electron chi connectivity index (χ2n) is 12.3. The molecule has 0 radical (unpaired) electrons. The van der Waals surface area contributed by atoms with Crippen molar-refractivity contribution in [3.05, 3.63) is 23.5 Å². The van der Waals surface area contributed by atoms with Crippen LogP contribution in [0.1, 0.15) is 94.9 Å². The standard InChI is InChI=1S/C25H46N4O/c1-17(26-19-13-22(3,4)28-23(5,6)14-19)11-21(30)12-18(2)27-20-15-24(7,8)29-25(9,10)16-20/h11-12,19-20,26-29H,13-16H2,1-10H3. The average molecular weight is 419 g/mol. The first-order valence-electron chi connectivity index (χ1n) is 11.5. The van der Waals surface area contributed by atoms with Gasteiger partial charge in [-0.05, 0) is 94.9 Å². The molecule has 30 heavy (non-hydrogen) atoms. The molecule has 0 bridgehead atoms. The molecule has 0 saturated carbocycles. The number of hydrogen-bond donors (Lipinski definition) is 4. The van der Waals surface area contributed by atoms with Crippen LogP contribution in [0.15, 0.2) is 23.5 Å². The number of carbonyl (C=O) groups is 1. The van der Waals surface area contributed by atoms with Crippen LogP contribution < -0.4 is 21.3 Å². The fourth-order valence-electron chi connectivity index (χ4n) is 6.04. The zero-order chi connectivity index (χ0) is 23.0. The summed E-state index contributed by atoms with van der Waals surface area (Å²) in [5.41, 5.74) is 2.21. The molecule has 2 aliphatic heterocycles. The first-order chi connectivity index (χ1) is 13.5. The number of piperidine rings is 2. The van der Waals surface area contributed by atoms with Gasteiger partial charge in [0, 0.05) is 57.8 Å². The lowest BCUT2D eigenvalue weighted by Gasteiger charge is -2.47. The third kappa shape index (κ3) is 8.07. The van der Waals surface area contributed by atoms with Crippen molar-refractivity contribution in [2.24, 2.45) is 0 Å². The van der Waals surface area contributed by atoms with E-state index in [-0.39, 0.29) is 27.9 Å². The van der Waals surface area contributed by atoms with Gasteiger partial charge in [-0.25, -0.2) is 0 Å². The molecule has 2 fully saturated rings. The van der Waals surface area contributed by atoms with E-state index in [4.69, 9.17) is 0 Å². The van der Waals surface area contributed by atoms with Crippen molar-refractivity contribution in [1.29, 1.82) is 0 Å². The SMILES string of the molecule is CC(=CC(=O)C=C(C)NC1CC(C)(C)NC(C)(C)C1)NC1CC(C)(C)NC(C)(C)C1. The van der Waals surface area contributed by atoms with E-state index >= 15 is 0 Å². The van der Waals surface area contributed by atoms with Crippen molar-refractivity contribution >= 4 is 5.78 Å². The van der Waals surface area contributed by atoms with E-state index in [9.17, 15) is 4.79 Å². The molecule has 2 saturated heterocycles. The fraction of sp³-hybridized carbons (Fsp3) is 0.800. The molecule has 0 spiro atoms. The number of ketones is 1. The lowest BCUT2D eigenvalue weighted by molar-refractivity contribution is -0.110. The van der Waals surface area contributed by atoms with Crippen LogP contribution >= 0.6 is 0 Å². The minimum absolute atomic E-state index is 0.0323. The lowest BCUT2D eigenvalue weighted by atomic mass is 9.79. The Labute approximate surface area is 184 Å². The van der Waals surface area contributed by atoms with Gasteiger partial charge in [-0.3, -0.25) is 4.79 Å².